The number of esters is 1. The van der Waals surface area contributed by atoms with Crippen molar-refractivity contribution in [2.45, 2.75) is 31.5 Å². The van der Waals surface area contributed by atoms with Crippen molar-refractivity contribution in [3.8, 4) is 11.1 Å². The second-order valence-electron chi connectivity index (χ2n) is 11.9. The molecule has 48 heavy (non-hydrogen) atoms. The first-order valence-corrected chi connectivity index (χ1v) is 15.9. The van der Waals surface area contributed by atoms with E-state index in [1.165, 1.54) is 12.1 Å². The molecule has 5 aromatic rings. The third kappa shape index (κ3) is 7.77. The SMILES string of the molecule is O=C(Nc1ccc(N2CCC(C(C(=O)OCc3ccccc3)c3ccccc3)CC2)cc1)c1ccccc1-c1ccc(C(F)(F)F)cc1. The van der Waals surface area contributed by atoms with E-state index in [-0.39, 0.29) is 30.3 Å². The number of halogens is 3. The predicted molar refractivity (Wildman–Crippen MR) is 182 cm³/mol. The van der Waals surface area contributed by atoms with Crippen LogP contribution in [-0.2, 0) is 22.3 Å². The molecule has 8 heteroatoms. The number of carbonyl (C=O) groups excluding carboxylic acids is 2. The van der Waals surface area contributed by atoms with Gasteiger partial charge in [0, 0.05) is 30.0 Å². The fourth-order valence-electron chi connectivity index (χ4n) is 6.30. The first-order chi connectivity index (χ1) is 23.3. The van der Waals surface area contributed by atoms with Gasteiger partial charge in [0.25, 0.3) is 5.91 Å². The largest absolute Gasteiger partial charge is 0.460 e. The lowest BCUT2D eigenvalue weighted by molar-refractivity contribution is -0.148. The first kappa shape index (κ1) is 32.6. The maximum Gasteiger partial charge on any atom is 0.416 e. The summed E-state index contributed by atoms with van der Waals surface area (Å²) >= 11 is 0. The topological polar surface area (TPSA) is 58.6 Å². The molecule has 0 saturated carbocycles. The van der Waals surface area contributed by atoms with Crippen LogP contribution in [0, 0.1) is 5.92 Å². The molecule has 1 heterocycles. The molecule has 0 spiro atoms. The van der Waals surface area contributed by atoms with Gasteiger partial charge >= 0.3 is 12.1 Å². The van der Waals surface area contributed by atoms with Crippen molar-refractivity contribution in [3.63, 3.8) is 0 Å². The zero-order chi connectivity index (χ0) is 33.5. The Morgan fingerprint density at radius 2 is 1.35 bits per heavy atom. The molecule has 1 amide bonds. The average Bonchev–Trinajstić information content (AvgIpc) is 3.12. The second kappa shape index (κ2) is 14.6. The maximum absolute atomic E-state index is 13.4. The van der Waals surface area contributed by atoms with Crippen molar-refractivity contribution in [1.29, 1.82) is 0 Å². The number of nitrogens with zero attached hydrogens (tertiary/aromatic N) is 1. The molecule has 5 nitrogen and oxygen atoms in total. The standard InChI is InChI=1S/C40H35F3N2O3/c41-40(42,43)32-17-15-29(16-18-32)35-13-7-8-14-36(35)38(46)44-33-19-21-34(22-20-33)45-25-23-31(24-26-45)37(30-11-5-2-6-12-30)39(47)48-27-28-9-3-1-4-10-28/h1-22,31,37H,23-27H2,(H,44,46). The van der Waals surface area contributed by atoms with Gasteiger partial charge in [-0.15, -0.1) is 0 Å². The van der Waals surface area contributed by atoms with Gasteiger partial charge in [-0.3, -0.25) is 9.59 Å². The summed E-state index contributed by atoms with van der Waals surface area (Å²) in [7, 11) is 0. The molecule has 5 aromatic carbocycles. The quantitative estimate of drug-likeness (QED) is 0.162. The molecule has 0 bridgehead atoms. The van der Waals surface area contributed by atoms with E-state index in [1.807, 2.05) is 84.9 Å². The van der Waals surface area contributed by atoms with Crippen molar-refractivity contribution in [2.75, 3.05) is 23.3 Å². The van der Waals surface area contributed by atoms with Gasteiger partial charge in [0.2, 0.25) is 0 Å². The average molecular weight is 649 g/mol. The number of nitrogens with one attached hydrogen (secondary N) is 1. The van der Waals surface area contributed by atoms with Crippen molar-refractivity contribution in [3.05, 3.63) is 156 Å². The van der Waals surface area contributed by atoms with Crippen molar-refractivity contribution in [1.82, 2.24) is 0 Å². The van der Waals surface area contributed by atoms with Crippen LogP contribution in [0.3, 0.4) is 0 Å². The normalized spacial score (nSPS) is 14.3. The summed E-state index contributed by atoms with van der Waals surface area (Å²) in [6.45, 7) is 1.78. The lowest BCUT2D eigenvalue weighted by Gasteiger charge is -2.36. The summed E-state index contributed by atoms with van der Waals surface area (Å²) in [6.07, 6.45) is -2.79. The minimum atomic E-state index is -4.43. The third-order valence-corrected chi connectivity index (χ3v) is 8.83. The highest BCUT2D eigenvalue weighted by atomic mass is 19.4. The lowest BCUT2D eigenvalue weighted by atomic mass is 9.80. The van der Waals surface area contributed by atoms with Gasteiger partial charge in [0.05, 0.1) is 11.5 Å². The molecule has 6 rings (SSSR count). The van der Waals surface area contributed by atoms with E-state index in [4.69, 9.17) is 4.74 Å². The number of benzene rings is 5. The van der Waals surface area contributed by atoms with Gasteiger partial charge in [-0.25, -0.2) is 0 Å². The van der Waals surface area contributed by atoms with Crippen LogP contribution < -0.4 is 10.2 Å². The smallest absolute Gasteiger partial charge is 0.416 e. The second-order valence-corrected chi connectivity index (χ2v) is 11.9. The molecule has 1 saturated heterocycles. The molecule has 1 atom stereocenters. The van der Waals surface area contributed by atoms with Gasteiger partial charge < -0.3 is 15.0 Å². The highest BCUT2D eigenvalue weighted by molar-refractivity contribution is 6.08. The molecular weight excluding hydrogens is 613 g/mol. The number of hydrogen-bond acceptors (Lipinski definition) is 4. The van der Waals surface area contributed by atoms with E-state index in [0.717, 1.165) is 54.9 Å². The number of carbonyl (C=O) groups is 2. The summed E-state index contributed by atoms with van der Waals surface area (Å²) in [5.41, 5.74) is 4.22. The van der Waals surface area contributed by atoms with Crippen molar-refractivity contribution in [2.24, 2.45) is 5.92 Å². The van der Waals surface area contributed by atoms with E-state index >= 15 is 0 Å². The minimum absolute atomic E-state index is 0.134. The number of amides is 1. The van der Waals surface area contributed by atoms with Gasteiger partial charge in [0.1, 0.15) is 6.61 Å². The third-order valence-electron chi connectivity index (χ3n) is 8.83. The molecule has 1 aliphatic heterocycles. The fourth-order valence-corrected chi connectivity index (χ4v) is 6.30. The van der Waals surface area contributed by atoms with Gasteiger partial charge in [-0.1, -0.05) is 91.0 Å². The monoisotopic (exact) mass is 648 g/mol. The number of ether oxygens (including phenoxy) is 1. The molecule has 0 aromatic heterocycles. The zero-order valence-electron chi connectivity index (χ0n) is 26.2. The summed E-state index contributed by atoms with van der Waals surface area (Å²) in [6, 6.07) is 38.8. The predicted octanol–water partition coefficient (Wildman–Crippen LogP) is 9.37. The lowest BCUT2D eigenvalue weighted by Crippen LogP contribution is -2.37. The van der Waals surface area contributed by atoms with Gasteiger partial charge in [-0.2, -0.15) is 13.2 Å². The van der Waals surface area contributed by atoms with Crippen LogP contribution in [-0.4, -0.2) is 25.0 Å². The summed E-state index contributed by atoms with van der Waals surface area (Å²) in [5.74, 6) is -0.774. The molecule has 1 fully saturated rings. The highest BCUT2D eigenvalue weighted by Gasteiger charge is 2.34. The number of rotatable bonds is 9. The van der Waals surface area contributed by atoms with Gasteiger partial charge in [0.15, 0.2) is 0 Å². The van der Waals surface area contributed by atoms with E-state index in [1.54, 1.807) is 24.3 Å². The summed E-state index contributed by atoms with van der Waals surface area (Å²) in [5, 5.41) is 2.92. The van der Waals surface area contributed by atoms with E-state index < -0.39 is 11.7 Å². The summed E-state index contributed by atoms with van der Waals surface area (Å²) in [4.78, 5) is 29.0. The van der Waals surface area contributed by atoms with Crippen molar-refractivity contribution < 1.29 is 27.5 Å². The molecule has 1 unspecified atom stereocenters. The number of alkyl halides is 3. The van der Waals surface area contributed by atoms with Crippen LogP contribution >= 0.6 is 0 Å². The fraction of sp³-hybridized carbons (Fsp3) is 0.200. The van der Waals surface area contributed by atoms with Crippen LogP contribution in [0.2, 0.25) is 0 Å². The Hall–Kier alpha value is -5.37. The Morgan fingerprint density at radius 3 is 2.00 bits per heavy atom. The van der Waals surface area contributed by atoms with Crippen LogP contribution in [0.25, 0.3) is 11.1 Å². The maximum atomic E-state index is 13.4. The molecular formula is C40H35F3N2O3. The van der Waals surface area contributed by atoms with Crippen LogP contribution in [0.1, 0.15) is 45.8 Å². The van der Waals surface area contributed by atoms with E-state index in [2.05, 4.69) is 10.2 Å². The Bertz CT molecular complexity index is 1820. The Labute approximate surface area is 278 Å². The van der Waals surface area contributed by atoms with E-state index in [0.29, 0.717) is 22.4 Å². The molecule has 0 radical (unpaired) electrons. The number of anilines is 2. The Kier molecular flexibility index (Phi) is 9.90. The molecule has 1 aliphatic rings. The van der Waals surface area contributed by atoms with Crippen LogP contribution in [0.15, 0.2) is 133 Å². The molecule has 244 valence electrons. The van der Waals surface area contributed by atoms with E-state index in [9.17, 15) is 22.8 Å². The molecule has 0 aliphatic carbocycles. The minimum Gasteiger partial charge on any atom is -0.460 e. The Balaban J connectivity index is 1.08. The van der Waals surface area contributed by atoms with Gasteiger partial charge in [-0.05, 0) is 83.5 Å². The Morgan fingerprint density at radius 1 is 0.750 bits per heavy atom. The number of hydrogen-bond donors (Lipinski definition) is 1. The zero-order valence-corrected chi connectivity index (χ0v) is 26.2. The molecule has 1 N–H and O–H groups in total. The van der Waals surface area contributed by atoms with Crippen molar-refractivity contribution >= 4 is 23.3 Å². The number of piperidine rings is 1. The van der Waals surface area contributed by atoms with Crippen LogP contribution in [0.4, 0.5) is 24.5 Å². The summed E-state index contributed by atoms with van der Waals surface area (Å²) < 4.78 is 45.0. The first-order valence-electron chi connectivity index (χ1n) is 15.9. The highest BCUT2D eigenvalue weighted by Crippen LogP contribution is 2.36. The van der Waals surface area contributed by atoms with Crippen LogP contribution in [0.5, 0.6) is 0 Å².